The van der Waals surface area contributed by atoms with Crippen molar-refractivity contribution in [3.8, 4) is 0 Å². The summed E-state index contributed by atoms with van der Waals surface area (Å²) < 4.78 is 41.6. The monoisotopic (exact) mass is 430 g/mol. The molecule has 1 saturated carbocycles. The molecule has 0 aromatic heterocycles. The summed E-state index contributed by atoms with van der Waals surface area (Å²) in [5, 5.41) is 0. The van der Waals surface area contributed by atoms with E-state index in [0.717, 1.165) is 36.8 Å². The quantitative estimate of drug-likeness (QED) is 0.510. The number of methoxy groups -OCH3 is 1. The predicted octanol–water partition coefficient (Wildman–Crippen LogP) is 3.97. The summed E-state index contributed by atoms with van der Waals surface area (Å²) in [5.41, 5.74) is 1.87. The summed E-state index contributed by atoms with van der Waals surface area (Å²) in [6.07, 6.45) is 3.24. The Bertz CT molecular complexity index is 1000. The van der Waals surface area contributed by atoms with Crippen molar-refractivity contribution < 1.29 is 26.9 Å². The maximum atomic E-state index is 12.6. The fraction of sp³-hybridized carbons (Fsp3) is 0.435. The van der Waals surface area contributed by atoms with Crippen molar-refractivity contribution in [1.82, 2.24) is 0 Å². The Hall–Kier alpha value is -2.22. The topological polar surface area (TPSA) is 78.9 Å². The summed E-state index contributed by atoms with van der Waals surface area (Å²) in [6.45, 7) is 2.49. The number of carbonyl (C=O) groups excluding carboxylic acids is 1. The highest BCUT2D eigenvalue weighted by Gasteiger charge is 2.51. The van der Waals surface area contributed by atoms with E-state index in [-0.39, 0.29) is 28.5 Å². The van der Waals surface area contributed by atoms with E-state index < -0.39 is 10.1 Å². The molecule has 5 rings (SSSR count). The first-order valence-electron chi connectivity index (χ1n) is 10.1. The molecule has 0 N–H and O–H groups in total. The number of hydrogen-bond acceptors (Lipinski definition) is 6. The number of hydrogen-bond donors (Lipinski definition) is 0. The van der Waals surface area contributed by atoms with Crippen LogP contribution in [0.25, 0.3) is 0 Å². The average molecular weight is 431 g/mol. The normalized spacial score (nSPS) is 25.8. The van der Waals surface area contributed by atoms with Crippen molar-refractivity contribution in [3.05, 3.63) is 65.2 Å². The second-order valence-electron chi connectivity index (χ2n) is 8.38. The highest BCUT2D eigenvalue weighted by Crippen LogP contribution is 2.53. The summed E-state index contributed by atoms with van der Waals surface area (Å²) in [7, 11) is -2.43. The van der Waals surface area contributed by atoms with Gasteiger partial charge in [0.05, 0.1) is 36.4 Å². The number of fused-ring (bicyclic) bond motifs is 3. The Kier molecular flexibility index (Phi) is 5.46. The van der Waals surface area contributed by atoms with E-state index in [9.17, 15) is 13.2 Å². The molecule has 2 bridgehead atoms. The lowest BCUT2D eigenvalue weighted by Gasteiger charge is -2.53. The molecule has 7 heteroatoms. The lowest BCUT2D eigenvalue weighted by molar-refractivity contribution is -0.197. The zero-order valence-corrected chi connectivity index (χ0v) is 18.0. The van der Waals surface area contributed by atoms with E-state index >= 15 is 0 Å². The lowest BCUT2D eigenvalue weighted by atomic mass is 9.64. The van der Waals surface area contributed by atoms with Gasteiger partial charge in [0.25, 0.3) is 10.1 Å². The van der Waals surface area contributed by atoms with Crippen molar-refractivity contribution in [2.24, 2.45) is 5.41 Å². The molecule has 0 radical (unpaired) electrons. The van der Waals surface area contributed by atoms with Crippen LogP contribution in [0.2, 0.25) is 0 Å². The molecule has 2 aliphatic heterocycles. The van der Waals surface area contributed by atoms with Gasteiger partial charge in [0.2, 0.25) is 0 Å². The van der Waals surface area contributed by atoms with Crippen LogP contribution in [0.4, 0.5) is 0 Å². The first-order chi connectivity index (χ1) is 14.3. The van der Waals surface area contributed by atoms with Crippen LogP contribution in [0.1, 0.15) is 47.2 Å². The minimum absolute atomic E-state index is 0.126. The zero-order valence-electron chi connectivity index (χ0n) is 17.2. The second-order valence-corrected chi connectivity index (χ2v) is 10.00. The minimum Gasteiger partial charge on any atom is -0.465 e. The summed E-state index contributed by atoms with van der Waals surface area (Å²) in [5.74, 6) is -0.363. The first-order valence-corrected chi connectivity index (χ1v) is 11.5. The van der Waals surface area contributed by atoms with E-state index in [4.69, 9.17) is 13.7 Å². The van der Waals surface area contributed by atoms with Crippen molar-refractivity contribution in [2.75, 3.05) is 20.3 Å². The van der Waals surface area contributed by atoms with Crippen molar-refractivity contribution >= 4 is 16.1 Å². The summed E-state index contributed by atoms with van der Waals surface area (Å²) in [4.78, 5) is 11.8. The predicted molar refractivity (Wildman–Crippen MR) is 111 cm³/mol. The molecule has 0 amide bonds. The number of carbonyl (C=O) groups is 1. The van der Waals surface area contributed by atoms with Crippen LogP contribution in [0.5, 0.6) is 0 Å². The smallest absolute Gasteiger partial charge is 0.337 e. The standard InChI is InChI=1S/C23H26O6S/c1-17-3-9-20(10-4-17)30(25,26)29-16-22-11-13-23(14-12-22,28-15-22)19-7-5-18(6-8-19)21(24)27-2/h3-10H,11-16H2,1-2H3. The fourth-order valence-electron chi connectivity index (χ4n) is 4.33. The van der Waals surface area contributed by atoms with Gasteiger partial charge in [-0.15, -0.1) is 0 Å². The van der Waals surface area contributed by atoms with E-state index in [1.54, 1.807) is 36.4 Å². The maximum absolute atomic E-state index is 12.6. The van der Waals surface area contributed by atoms with E-state index in [1.807, 2.05) is 19.1 Å². The highest BCUT2D eigenvalue weighted by molar-refractivity contribution is 7.86. The van der Waals surface area contributed by atoms with Gasteiger partial charge < -0.3 is 9.47 Å². The molecule has 0 spiro atoms. The van der Waals surface area contributed by atoms with Gasteiger partial charge in [0.15, 0.2) is 0 Å². The molecule has 0 atom stereocenters. The van der Waals surface area contributed by atoms with Gasteiger partial charge in [-0.3, -0.25) is 4.18 Å². The number of esters is 1. The van der Waals surface area contributed by atoms with Gasteiger partial charge in [-0.1, -0.05) is 29.8 Å². The Morgan fingerprint density at radius 2 is 1.63 bits per heavy atom. The van der Waals surface area contributed by atoms with Crippen LogP contribution in [0.3, 0.4) is 0 Å². The van der Waals surface area contributed by atoms with Crippen LogP contribution >= 0.6 is 0 Å². The molecular weight excluding hydrogens is 404 g/mol. The third-order valence-electron chi connectivity index (χ3n) is 6.44. The van der Waals surface area contributed by atoms with Gasteiger partial charge >= 0.3 is 5.97 Å². The lowest BCUT2D eigenvalue weighted by Crippen LogP contribution is -2.51. The third kappa shape index (κ3) is 3.89. The SMILES string of the molecule is COC(=O)c1ccc(C23CCC(COS(=O)(=O)c4ccc(C)cc4)(CC2)CO3)cc1. The van der Waals surface area contributed by atoms with Crippen LogP contribution in [0.15, 0.2) is 53.4 Å². The Balaban J connectivity index is 1.42. The molecule has 1 aliphatic carbocycles. The van der Waals surface area contributed by atoms with E-state index in [1.165, 1.54) is 7.11 Å². The van der Waals surface area contributed by atoms with Crippen molar-refractivity contribution in [1.29, 1.82) is 0 Å². The number of benzene rings is 2. The van der Waals surface area contributed by atoms with Crippen LogP contribution in [0, 0.1) is 12.3 Å². The fourth-order valence-corrected chi connectivity index (χ4v) is 5.34. The van der Waals surface area contributed by atoms with Gasteiger partial charge in [-0.25, -0.2) is 4.79 Å². The largest absolute Gasteiger partial charge is 0.465 e. The molecule has 30 heavy (non-hydrogen) atoms. The first kappa shape index (κ1) is 21.0. The van der Waals surface area contributed by atoms with E-state index in [0.29, 0.717) is 12.2 Å². The number of ether oxygens (including phenoxy) is 2. The second kappa shape index (κ2) is 7.80. The molecule has 160 valence electrons. The molecule has 2 heterocycles. The van der Waals surface area contributed by atoms with Crippen molar-refractivity contribution in [2.45, 2.75) is 43.1 Å². The van der Waals surface area contributed by atoms with Gasteiger partial charge in [-0.2, -0.15) is 8.42 Å². The third-order valence-corrected chi connectivity index (χ3v) is 7.71. The molecule has 2 saturated heterocycles. The Morgan fingerprint density at radius 1 is 1.00 bits per heavy atom. The van der Waals surface area contributed by atoms with Gasteiger partial charge in [0.1, 0.15) is 0 Å². The molecule has 2 aromatic carbocycles. The zero-order chi connectivity index (χ0) is 21.4. The average Bonchev–Trinajstić information content (AvgIpc) is 2.79. The molecule has 6 nitrogen and oxygen atoms in total. The number of aryl methyl sites for hydroxylation is 1. The van der Waals surface area contributed by atoms with Crippen LogP contribution in [-0.2, 0) is 29.4 Å². The van der Waals surface area contributed by atoms with Crippen molar-refractivity contribution in [3.63, 3.8) is 0 Å². The molecular formula is C23H26O6S. The Morgan fingerprint density at radius 3 is 2.17 bits per heavy atom. The molecule has 2 aromatic rings. The van der Waals surface area contributed by atoms with Crippen LogP contribution < -0.4 is 0 Å². The van der Waals surface area contributed by atoms with Gasteiger partial charge in [-0.05, 0) is 62.4 Å². The van der Waals surface area contributed by atoms with Crippen LogP contribution in [-0.4, -0.2) is 34.7 Å². The molecule has 3 fully saturated rings. The minimum atomic E-state index is -3.79. The number of rotatable bonds is 6. The Labute approximate surface area is 177 Å². The summed E-state index contributed by atoms with van der Waals surface area (Å²) in [6, 6.07) is 14.0. The molecule has 3 aliphatic rings. The molecule has 0 unspecified atom stereocenters. The maximum Gasteiger partial charge on any atom is 0.337 e. The highest BCUT2D eigenvalue weighted by atomic mass is 32.2. The van der Waals surface area contributed by atoms with Gasteiger partial charge in [0, 0.05) is 5.41 Å². The van der Waals surface area contributed by atoms with E-state index in [2.05, 4.69) is 0 Å². The summed E-state index contributed by atoms with van der Waals surface area (Å²) >= 11 is 0.